The van der Waals surface area contributed by atoms with Crippen molar-refractivity contribution in [3.63, 3.8) is 0 Å². The van der Waals surface area contributed by atoms with Crippen LogP contribution >= 0.6 is 0 Å². The van der Waals surface area contributed by atoms with E-state index in [1.54, 1.807) is 13.2 Å². The van der Waals surface area contributed by atoms with Crippen molar-refractivity contribution in [2.45, 2.75) is 24.7 Å². The summed E-state index contributed by atoms with van der Waals surface area (Å²) in [5.74, 6) is 0.189. The molecule has 5 heteroatoms. The molecular weight excluding hydrogens is 393 g/mol. The van der Waals surface area contributed by atoms with Gasteiger partial charge in [0.15, 0.2) is 0 Å². The van der Waals surface area contributed by atoms with Crippen LogP contribution in [-0.4, -0.2) is 42.9 Å². The monoisotopic (exact) mass is 421 g/mol. The van der Waals surface area contributed by atoms with Crippen LogP contribution in [0, 0.1) is 5.82 Å². The fourth-order valence-corrected chi connectivity index (χ4v) is 4.28. The first kappa shape index (κ1) is 21.5. The number of morpholine rings is 1. The molecule has 0 aliphatic carbocycles. The third kappa shape index (κ3) is 4.96. The highest BCUT2D eigenvalue weighted by Gasteiger charge is 2.42. The minimum Gasteiger partial charge on any atom is -0.496 e. The molecule has 2 atom stereocenters. The Morgan fingerprint density at radius 3 is 2.48 bits per heavy atom. The predicted octanol–water partition coefficient (Wildman–Crippen LogP) is 4.17. The number of nitrogens with zero attached hydrogens (tertiary/aromatic N) is 1. The Morgan fingerprint density at radius 2 is 1.77 bits per heavy atom. The first-order valence-corrected chi connectivity index (χ1v) is 10.6. The quantitative estimate of drug-likeness (QED) is 0.622. The van der Waals surface area contributed by atoms with Gasteiger partial charge in [-0.1, -0.05) is 60.7 Å². The van der Waals surface area contributed by atoms with Gasteiger partial charge in [0.2, 0.25) is 0 Å². The van der Waals surface area contributed by atoms with Crippen molar-refractivity contribution in [2.75, 3.05) is 26.8 Å². The Labute approximate surface area is 182 Å². The molecule has 0 aromatic heterocycles. The normalized spacial score (nSPS) is 19.0. The average molecular weight is 422 g/mol. The van der Waals surface area contributed by atoms with E-state index in [1.807, 2.05) is 48.5 Å². The van der Waals surface area contributed by atoms with Gasteiger partial charge in [-0.15, -0.1) is 0 Å². The Balaban J connectivity index is 1.64. The van der Waals surface area contributed by atoms with Gasteiger partial charge in [0.05, 0.1) is 13.7 Å². The van der Waals surface area contributed by atoms with Crippen molar-refractivity contribution in [1.82, 2.24) is 4.90 Å². The second kappa shape index (κ2) is 9.60. The number of methoxy groups -OCH3 is 1. The van der Waals surface area contributed by atoms with Gasteiger partial charge in [0.1, 0.15) is 23.3 Å². The van der Waals surface area contributed by atoms with Gasteiger partial charge in [0, 0.05) is 31.6 Å². The molecular formula is C26H28FNO3. The van der Waals surface area contributed by atoms with Gasteiger partial charge in [-0.2, -0.15) is 0 Å². The van der Waals surface area contributed by atoms with Crippen LogP contribution in [0.3, 0.4) is 0 Å². The van der Waals surface area contributed by atoms with Gasteiger partial charge in [0.25, 0.3) is 0 Å². The van der Waals surface area contributed by atoms with Crippen molar-refractivity contribution < 1.29 is 19.0 Å². The Morgan fingerprint density at radius 1 is 1.06 bits per heavy atom. The summed E-state index contributed by atoms with van der Waals surface area (Å²) in [4.78, 5) is 2.29. The molecule has 1 heterocycles. The lowest BCUT2D eigenvalue weighted by molar-refractivity contribution is -0.150. The van der Waals surface area contributed by atoms with E-state index in [9.17, 15) is 9.50 Å². The van der Waals surface area contributed by atoms with E-state index >= 15 is 0 Å². The van der Waals surface area contributed by atoms with Crippen LogP contribution in [0.2, 0.25) is 0 Å². The fraction of sp³-hybridized carbons (Fsp3) is 0.308. The van der Waals surface area contributed by atoms with E-state index in [2.05, 4.69) is 17.0 Å². The van der Waals surface area contributed by atoms with Gasteiger partial charge in [-0.3, -0.25) is 4.90 Å². The molecule has 0 bridgehead atoms. The lowest BCUT2D eigenvalue weighted by Crippen LogP contribution is -2.53. The lowest BCUT2D eigenvalue weighted by atomic mass is 9.81. The molecule has 0 saturated carbocycles. The van der Waals surface area contributed by atoms with Crippen molar-refractivity contribution in [3.05, 3.63) is 101 Å². The number of ether oxygens (including phenoxy) is 2. The summed E-state index contributed by atoms with van der Waals surface area (Å²) in [7, 11) is 1.55. The van der Waals surface area contributed by atoms with Crippen LogP contribution < -0.4 is 4.74 Å². The highest BCUT2D eigenvalue weighted by Crippen LogP contribution is 2.36. The zero-order chi connectivity index (χ0) is 21.7. The average Bonchev–Trinajstić information content (AvgIpc) is 2.81. The van der Waals surface area contributed by atoms with Crippen LogP contribution in [0.4, 0.5) is 4.39 Å². The molecule has 31 heavy (non-hydrogen) atoms. The zero-order valence-electron chi connectivity index (χ0n) is 17.7. The number of aliphatic hydroxyl groups is 1. The minimum absolute atomic E-state index is 0.182. The zero-order valence-corrected chi connectivity index (χ0v) is 17.7. The van der Waals surface area contributed by atoms with E-state index < -0.39 is 11.7 Å². The number of halogens is 1. The second-order valence-electron chi connectivity index (χ2n) is 8.00. The summed E-state index contributed by atoms with van der Waals surface area (Å²) in [6, 6.07) is 24.2. The summed E-state index contributed by atoms with van der Waals surface area (Å²) in [6.07, 6.45) is -0.290. The molecule has 1 saturated heterocycles. The van der Waals surface area contributed by atoms with E-state index in [0.29, 0.717) is 24.5 Å². The van der Waals surface area contributed by atoms with E-state index in [4.69, 9.17) is 9.47 Å². The van der Waals surface area contributed by atoms with Crippen molar-refractivity contribution in [3.8, 4) is 5.75 Å². The number of rotatable bonds is 7. The molecule has 3 aromatic carbocycles. The summed E-state index contributed by atoms with van der Waals surface area (Å²) in [5.41, 5.74) is 1.24. The molecule has 3 aromatic rings. The summed E-state index contributed by atoms with van der Waals surface area (Å²) < 4.78 is 25.6. The van der Waals surface area contributed by atoms with Gasteiger partial charge < -0.3 is 14.6 Å². The van der Waals surface area contributed by atoms with Crippen molar-refractivity contribution in [1.29, 1.82) is 0 Å². The molecule has 162 valence electrons. The first-order chi connectivity index (χ1) is 15.1. The molecule has 0 radical (unpaired) electrons. The lowest BCUT2D eigenvalue weighted by Gasteiger charge is -2.42. The van der Waals surface area contributed by atoms with Gasteiger partial charge in [-0.05, 0) is 29.3 Å². The third-order valence-corrected chi connectivity index (χ3v) is 5.91. The van der Waals surface area contributed by atoms with Gasteiger partial charge in [-0.25, -0.2) is 4.39 Å². The molecule has 0 amide bonds. The van der Waals surface area contributed by atoms with Gasteiger partial charge >= 0.3 is 0 Å². The topological polar surface area (TPSA) is 41.9 Å². The maximum absolute atomic E-state index is 14.0. The molecule has 1 N–H and O–H groups in total. The number of hydrogen-bond donors (Lipinski definition) is 1. The van der Waals surface area contributed by atoms with Crippen LogP contribution in [0.15, 0.2) is 78.9 Å². The molecule has 4 nitrogen and oxygen atoms in total. The maximum atomic E-state index is 14.0. The summed E-state index contributed by atoms with van der Waals surface area (Å²) in [6.45, 7) is 2.67. The van der Waals surface area contributed by atoms with E-state index in [-0.39, 0.29) is 12.2 Å². The molecule has 0 unspecified atom stereocenters. The molecule has 1 aliphatic rings. The fourth-order valence-electron chi connectivity index (χ4n) is 4.28. The molecule has 1 fully saturated rings. The smallest absolute Gasteiger partial charge is 0.123 e. The standard InChI is InChI=1S/C26H28FNO3/c1-30-24-13-12-23(27)16-21(24)17-26(29,22-10-6-3-7-11-22)25-19-28(14-15-31-25)18-20-8-4-2-5-9-20/h2-13,16,25,29H,14-15,17-19H2,1H3/t25-,26-/m1/s1. The molecule has 0 spiro atoms. The maximum Gasteiger partial charge on any atom is 0.123 e. The second-order valence-corrected chi connectivity index (χ2v) is 8.00. The van der Waals surface area contributed by atoms with Crippen molar-refractivity contribution >= 4 is 0 Å². The van der Waals surface area contributed by atoms with Crippen LogP contribution in [0.25, 0.3) is 0 Å². The predicted molar refractivity (Wildman–Crippen MR) is 118 cm³/mol. The highest BCUT2D eigenvalue weighted by molar-refractivity contribution is 5.38. The highest BCUT2D eigenvalue weighted by atomic mass is 19.1. The number of hydrogen-bond acceptors (Lipinski definition) is 4. The van der Waals surface area contributed by atoms with E-state index in [1.165, 1.54) is 17.7 Å². The summed E-state index contributed by atoms with van der Waals surface area (Å²) in [5, 5.41) is 12.0. The van der Waals surface area contributed by atoms with E-state index in [0.717, 1.165) is 18.7 Å². The van der Waals surface area contributed by atoms with Crippen LogP contribution in [0.1, 0.15) is 16.7 Å². The molecule has 4 rings (SSSR count). The summed E-state index contributed by atoms with van der Waals surface area (Å²) >= 11 is 0. The SMILES string of the molecule is COc1ccc(F)cc1C[C@@](O)(c1ccccc1)[C@H]1CN(Cc2ccccc2)CCO1. The van der Waals surface area contributed by atoms with Crippen LogP contribution in [-0.2, 0) is 23.3 Å². The number of benzene rings is 3. The Kier molecular flexibility index (Phi) is 6.66. The third-order valence-electron chi connectivity index (χ3n) is 5.91. The molecule has 1 aliphatic heterocycles. The van der Waals surface area contributed by atoms with Crippen molar-refractivity contribution in [2.24, 2.45) is 0 Å². The largest absolute Gasteiger partial charge is 0.496 e. The Bertz CT molecular complexity index is 982. The first-order valence-electron chi connectivity index (χ1n) is 10.6. The minimum atomic E-state index is -1.34. The Hall–Kier alpha value is -2.73. The van der Waals surface area contributed by atoms with Crippen LogP contribution in [0.5, 0.6) is 5.75 Å².